The highest BCUT2D eigenvalue weighted by atomic mass is 32.2. The molecule has 0 aliphatic heterocycles. The number of ether oxygens (including phenoxy) is 1. The summed E-state index contributed by atoms with van der Waals surface area (Å²) >= 11 is 0. The van der Waals surface area contributed by atoms with Gasteiger partial charge >= 0.3 is 0 Å². The highest BCUT2D eigenvalue weighted by molar-refractivity contribution is 7.89. The van der Waals surface area contributed by atoms with Gasteiger partial charge in [0.15, 0.2) is 0 Å². The first-order chi connectivity index (χ1) is 13.5. The normalized spacial score (nSPS) is 16.5. The zero-order valence-corrected chi connectivity index (χ0v) is 17.1. The van der Waals surface area contributed by atoms with Gasteiger partial charge in [0.1, 0.15) is 5.75 Å². The summed E-state index contributed by atoms with van der Waals surface area (Å²) in [7, 11) is -2.01. The molecule has 0 N–H and O–H groups in total. The van der Waals surface area contributed by atoms with Crippen LogP contribution in [0.15, 0.2) is 65.6 Å². The van der Waals surface area contributed by atoms with Crippen molar-refractivity contribution in [2.45, 2.75) is 37.1 Å². The Labute approximate surface area is 167 Å². The van der Waals surface area contributed by atoms with E-state index in [-0.39, 0.29) is 12.6 Å². The zero-order valence-electron chi connectivity index (χ0n) is 16.3. The van der Waals surface area contributed by atoms with Crippen LogP contribution in [0.1, 0.15) is 30.4 Å². The number of sulfonamides is 1. The summed E-state index contributed by atoms with van der Waals surface area (Å²) in [6.07, 6.45) is 6.83. The molecule has 28 heavy (non-hydrogen) atoms. The van der Waals surface area contributed by atoms with E-state index in [0.29, 0.717) is 4.90 Å². The van der Waals surface area contributed by atoms with Crippen molar-refractivity contribution in [1.82, 2.24) is 4.31 Å². The Morgan fingerprint density at radius 2 is 1.82 bits per heavy atom. The van der Waals surface area contributed by atoms with Crippen molar-refractivity contribution >= 4 is 10.0 Å². The fourth-order valence-electron chi connectivity index (χ4n) is 3.15. The Balaban J connectivity index is 1.87. The Hall–Kier alpha value is -2.55. The van der Waals surface area contributed by atoms with Gasteiger partial charge in [-0.25, -0.2) is 8.42 Å². The van der Waals surface area contributed by atoms with Crippen molar-refractivity contribution in [3.8, 4) is 17.6 Å². The van der Waals surface area contributed by atoms with Crippen molar-refractivity contribution in [3.05, 3.63) is 71.8 Å². The van der Waals surface area contributed by atoms with Crippen LogP contribution in [0, 0.1) is 18.8 Å². The molecular formula is C23H25NO3S. The van der Waals surface area contributed by atoms with Crippen molar-refractivity contribution in [2.24, 2.45) is 0 Å². The van der Waals surface area contributed by atoms with Crippen molar-refractivity contribution < 1.29 is 13.2 Å². The lowest BCUT2D eigenvalue weighted by molar-refractivity contribution is 0.365. The standard InChI is InChI=1S/C23H25NO3S/c1-19-10-16-23(17-11-19)28(25,26)24(21-8-4-3-5-9-21)18-6-7-20-12-14-22(27-2)15-13-20/h4,8,10-17,21H,3,5,9,18H2,1-2H3. The topological polar surface area (TPSA) is 46.6 Å². The Morgan fingerprint density at radius 1 is 1.11 bits per heavy atom. The molecule has 4 nitrogen and oxygen atoms in total. The summed E-state index contributed by atoms with van der Waals surface area (Å²) in [4.78, 5) is 0.309. The number of aryl methyl sites for hydroxylation is 1. The second-order valence-corrected chi connectivity index (χ2v) is 8.71. The van der Waals surface area contributed by atoms with Crippen LogP contribution >= 0.6 is 0 Å². The van der Waals surface area contributed by atoms with Crippen LogP contribution in [0.2, 0.25) is 0 Å². The summed E-state index contributed by atoms with van der Waals surface area (Å²) in [5.41, 5.74) is 1.86. The Bertz CT molecular complexity index is 981. The molecule has 0 spiro atoms. The molecule has 1 aliphatic rings. The maximum Gasteiger partial charge on any atom is 0.244 e. The van der Waals surface area contributed by atoms with E-state index in [1.807, 2.05) is 49.4 Å². The molecule has 0 saturated heterocycles. The highest BCUT2D eigenvalue weighted by Gasteiger charge is 2.30. The third-order valence-electron chi connectivity index (χ3n) is 4.78. The van der Waals surface area contributed by atoms with E-state index in [2.05, 4.69) is 17.9 Å². The minimum Gasteiger partial charge on any atom is -0.497 e. The summed E-state index contributed by atoms with van der Waals surface area (Å²) < 4.78 is 33.2. The Morgan fingerprint density at radius 3 is 2.43 bits per heavy atom. The molecule has 0 radical (unpaired) electrons. The van der Waals surface area contributed by atoms with Gasteiger partial charge in [0.25, 0.3) is 0 Å². The summed E-state index contributed by atoms with van der Waals surface area (Å²) in [6.45, 7) is 2.09. The zero-order chi connectivity index (χ0) is 20.0. The predicted molar refractivity (Wildman–Crippen MR) is 112 cm³/mol. The van der Waals surface area contributed by atoms with Gasteiger partial charge in [0, 0.05) is 11.6 Å². The monoisotopic (exact) mass is 395 g/mol. The van der Waals surface area contributed by atoms with Crippen molar-refractivity contribution in [1.29, 1.82) is 0 Å². The molecule has 2 aromatic carbocycles. The molecule has 146 valence electrons. The van der Waals surface area contributed by atoms with Crippen molar-refractivity contribution in [2.75, 3.05) is 13.7 Å². The van der Waals surface area contributed by atoms with Gasteiger partial charge in [-0.1, -0.05) is 41.7 Å². The van der Waals surface area contributed by atoms with Crippen LogP contribution in [-0.4, -0.2) is 32.4 Å². The SMILES string of the molecule is COc1ccc(C#CCN(C2C=CCCC2)S(=O)(=O)c2ccc(C)cc2)cc1. The molecule has 1 unspecified atom stereocenters. The van der Waals surface area contributed by atoms with E-state index < -0.39 is 10.0 Å². The fraction of sp³-hybridized carbons (Fsp3) is 0.304. The lowest BCUT2D eigenvalue weighted by Gasteiger charge is -2.29. The first kappa shape index (κ1) is 20.2. The molecule has 0 bridgehead atoms. The van der Waals surface area contributed by atoms with Gasteiger partial charge in [0.05, 0.1) is 18.6 Å². The quantitative estimate of drug-likeness (QED) is 0.564. The number of hydrogen-bond acceptors (Lipinski definition) is 3. The van der Waals surface area contributed by atoms with Gasteiger partial charge in [-0.05, 0) is 62.6 Å². The molecule has 1 aliphatic carbocycles. The highest BCUT2D eigenvalue weighted by Crippen LogP contribution is 2.24. The van der Waals surface area contributed by atoms with E-state index in [1.165, 1.54) is 4.31 Å². The third kappa shape index (κ3) is 4.83. The minimum atomic E-state index is -3.62. The van der Waals surface area contributed by atoms with E-state index in [0.717, 1.165) is 36.1 Å². The molecule has 5 heteroatoms. The Kier molecular flexibility index (Phi) is 6.56. The summed E-state index contributed by atoms with van der Waals surface area (Å²) in [5.74, 6) is 6.87. The first-order valence-corrected chi connectivity index (χ1v) is 10.8. The van der Waals surface area contributed by atoms with E-state index in [9.17, 15) is 8.42 Å². The smallest absolute Gasteiger partial charge is 0.244 e. The number of nitrogens with zero attached hydrogens (tertiary/aromatic N) is 1. The maximum atomic E-state index is 13.3. The van der Waals surface area contributed by atoms with Gasteiger partial charge in [-0.15, -0.1) is 0 Å². The van der Waals surface area contributed by atoms with E-state index >= 15 is 0 Å². The molecule has 0 fully saturated rings. The van der Waals surface area contributed by atoms with E-state index in [1.54, 1.807) is 19.2 Å². The van der Waals surface area contributed by atoms with Gasteiger partial charge in [0.2, 0.25) is 10.0 Å². The largest absolute Gasteiger partial charge is 0.497 e. The molecule has 1 atom stereocenters. The lowest BCUT2D eigenvalue weighted by atomic mass is 10.0. The number of hydrogen-bond donors (Lipinski definition) is 0. The molecule has 0 amide bonds. The average molecular weight is 396 g/mol. The number of rotatable bonds is 5. The van der Waals surface area contributed by atoms with Crippen LogP contribution in [0.3, 0.4) is 0 Å². The van der Waals surface area contributed by atoms with Crippen LogP contribution in [0.4, 0.5) is 0 Å². The predicted octanol–water partition coefficient (Wildman–Crippen LogP) is 4.15. The molecule has 0 saturated carbocycles. The second kappa shape index (κ2) is 9.09. The van der Waals surface area contributed by atoms with Crippen molar-refractivity contribution in [3.63, 3.8) is 0 Å². The molecule has 0 heterocycles. The average Bonchev–Trinajstić information content (AvgIpc) is 2.72. The molecule has 3 rings (SSSR count). The molecule has 0 aromatic heterocycles. The fourth-order valence-corrected chi connectivity index (χ4v) is 4.67. The molecule has 2 aromatic rings. The lowest BCUT2D eigenvalue weighted by Crippen LogP contribution is -2.40. The van der Waals surface area contributed by atoms with Crippen LogP contribution in [0.25, 0.3) is 0 Å². The van der Waals surface area contributed by atoms with Crippen LogP contribution in [0.5, 0.6) is 5.75 Å². The number of benzene rings is 2. The first-order valence-electron chi connectivity index (χ1n) is 9.39. The van der Waals surface area contributed by atoms with Gasteiger partial charge in [-0.3, -0.25) is 0 Å². The second-order valence-electron chi connectivity index (χ2n) is 6.82. The van der Waals surface area contributed by atoms with Crippen LogP contribution in [-0.2, 0) is 10.0 Å². The maximum absolute atomic E-state index is 13.3. The van der Waals surface area contributed by atoms with E-state index in [4.69, 9.17) is 4.74 Å². The number of methoxy groups -OCH3 is 1. The number of allylic oxidation sites excluding steroid dienone is 1. The summed E-state index contributed by atoms with van der Waals surface area (Å²) in [6, 6.07) is 14.2. The minimum absolute atomic E-state index is 0.150. The molecular weight excluding hydrogens is 370 g/mol. The van der Waals surface area contributed by atoms with Gasteiger partial charge in [-0.2, -0.15) is 4.31 Å². The third-order valence-corrected chi connectivity index (χ3v) is 6.67. The van der Waals surface area contributed by atoms with Gasteiger partial charge < -0.3 is 4.74 Å². The summed E-state index contributed by atoms with van der Waals surface area (Å²) in [5, 5.41) is 0. The van der Waals surface area contributed by atoms with Crippen LogP contribution < -0.4 is 4.74 Å².